The molecule has 0 saturated carbocycles. The number of hydrogen-bond donors (Lipinski definition) is 0. The molecule has 0 N–H and O–H groups in total. The van der Waals surface area contributed by atoms with Crippen LogP contribution < -0.4 is 0 Å². The molecule has 14 heavy (non-hydrogen) atoms. The fourth-order valence-electron chi connectivity index (χ4n) is 1.34. The Balaban J connectivity index is 2.65. The minimum absolute atomic E-state index is 0.698. The topological polar surface area (TPSA) is 12.9 Å². The molecule has 0 unspecified atom stereocenters. The number of fused-ring (bicyclic) bond motifs is 1. The molecule has 2 heteroatoms. The van der Waals surface area contributed by atoms with E-state index in [0.717, 1.165) is 16.5 Å². The Morgan fingerprint density at radius 2 is 2.14 bits per heavy atom. The van der Waals surface area contributed by atoms with Crippen LogP contribution in [0.3, 0.4) is 0 Å². The summed E-state index contributed by atoms with van der Waals surface area (Å²) in [6.45, 7) is 0. The van der Waals surface area contributed by atoms with Crippen LogP contribution in [0.4, 0.5) is 0 Å². The third-order valence-corrected chi connectivity index (χ3v) is 2.22. The van der Waals surface area contributed by atoms with E-state index in [-0.39, 0.29) is 0 Å². The standard InChI is InChI=1S/C12H8BrN/c13-8-2-5-10-4-1-7-12-11(10)6-3-9-14-12/h1,3-4,6-7,9H,8H2. The molecule has 2 aromatic rings. The molecule has 68 valence electrons. The molecule has 0 fully saturated rings. The lowest BCUT2D eigenvalue weighted by atomic mass is 10.1. The van der Waals surface area contributed by atoms with Crippen LogP contribution in [-0.2, 0) is 0 Å². The van der Waals surface area contributed by atoms with E-state index in [1.54, 1.807) is 6.20 Å². The first-order valence-corrected chi connectivity index (χ1v) is 5.42. The van der Waals surface area contributed by atoms with Gasteiger partial charge in [-0.1, -0.05) is 39.9 Å². The SMILES string of the molecule is BrCC#Cc1cccc2ncccc12. The zero-order valence-corrected chi connectivity index (χ0v) is 9.08. The second-order valence-corrected chi connectivity index (χ2v) is 3.37. The minimum atomic E-state index is 0.698. The summed E-state index contributed by atoms with van der Waals surface area (Å²) in [5.41, 5.74) is 2.03. The van der Waals surface area contributed by atoms with Gasteiger partial charge in [-0.05, 0) is 18.2 Å². The van der Waals surface area contributed by atoms with E-state index < -0.39 is 0 Å². The summed E-state index contributed by atoms with van der Waals surface area (Å²) < 4.78 is 0. The van der Waals surface area contributed by atoms with Gasteiger partial charge in [0.2, 0.25) is 0 Å². The molecule has 1 aromatic heterocycles. The van der Waals surface area contributed by atoms with E-state index in [1.807, 2.05) is 30.3 Å². The van der Waals surface area contributed by atoms with Crippen LogP contribution in [0.5, 0.6) is 0 Å². The van der Waals surface area contributed by atoms with E-state index in [2.05, 4.69) is 32.8 Å². The molecule has 0 atom stereocenters. The van der Waals surface area contributed by atoms with E-state index in [0.29, 0.717) is 5.33 Å². The van der Waals surface area contributed by atoms with Crippen LogP contribution in [0.15, 0.2) is 36.5 Å². The Labute approximate surface area is 91.3 Å². The highest BCUT2D eigenvalue weighted by atomic mass is 79.9. The van der Waals surface area contributed by atoms with Crippen molar-refractivity contribution >= 4 is 26.8 Å². The fourth-order valence-corrected chi connectivity index (χ4v) is 1.48. The van der Waals surface area contributed by atoms with Gasteiger partial charge in [0.1, 0.15) is 0 Å². The van der Waals surface area contributed by atoms with Crippen molar-refractivity contribution in [2.24, 2.45) is 0 Å². The van der Waals surface area contributed by atoms with E-state index in [9.17, 15) is 0 Å². The van der Waals surface area contributed by atoms with Gasteiger partial charge in [-0.25, -0.2) is 0 Å². The van der Waals surface area contributed by atoms with Crippen molar-refractivity contribution in [2.45, 2.75) is 0 Å². The Morgan fingerprint density at radius 3 is 3.00 bits per heavy atom. The molecule has 0 aliphatic heterocycles. The van der Waals surface area contributed by atoms with Crippen LogP contribution >= 0.6 is 15.9 Å². The lowest BCUT2D eigenvalue weighted by Crippen LogP contribution is -1.81. The van der Waals surface area contributed by atoms with Crippen LogP contribution in [0, 0.1) is 11.8 Å². The molecule has 1 aromatic carbocycles. The van der Waals surface area contributed by atoms with Crippen LogP contribution in [0.2, 0.25) is 0 Å². The number of aromatic nitrogens is 1. The average Bonchev–Trinajstić information content (AvgIpc) is 2.26. The normalized spacial score (nSPS) is 9.50. The first-order valence-electron chi connectivity index (χ1n) is 4.30. The van der Waals surface area contributed by atoms with Gasteiger partial charge in [0.15, 0.2) is 0 Å². The van der Waals surface area contributed by atoms with E-state index in [1.165, 1.54) is 0 Å². The highest BCUT2D eigenvalue weighted by Gasteiger charge is 1.96. The Kier molecular flexibility index (Phi) is 2.81. The largest absolute Gasteiger partial charge is 0.256 e. The molecule has 0 saturated heterocycles. The van der Waals surface area contributed by atoms with Crippen LogP contribution in [-0.4, -0.2) is 10.3 Å². The maximum atomic E-state index is 4.27. The second-order valence-electron chi connectivity index (χ2n) is 2.81. The number of benzene rings is 1. The molecule has 0 aliphatic carbocycles. The number of halogens is 1. The molecule has 0 spiro atoms. The number of hydrogen-bond acceptors (Lipinski definition) is 1. The fraction of sp³-hybridized carbons (Fsp3) is 0.0833. The monoisotopic (exact) mass is 245 g/mol. The summed E-state index contributed by atoms with van der Waals surface area (Å²) in [6.07, 6.45) is 1.80. The Bertz CT molecular complexity index is 503. The highest BCUT2D eigenvalue weighted by molar-refractivity contribution is 9.09. The third-order valence-electron chi connectivity index (χ3n) is 1.94. The zero-order chi connectivity index (χ0) is 9.80. The molecule has 0 amide bonds. The third kappa shape index (κ3) is 1.78. The van der Waals surface area contributed by atoms with Gasteiger partial charge in [0.05, 0.1) is 10.8 Å². The summed E-state index contributed by atoms with van der Waals surface area (Å²) in [6, 6.07) is 9.96. The zero-order valence-electron chi connectivity index (χ0n) is 7.50. The quantitative estimate of drug-likeness (QED) is 0.514. The molecule has 0 radical (unpaired) electrons. The molecule has 1 heterocycles. The van der Waals surface area contributed by atoms with Gasteiger partial charge in [0, 0.05) is 17.1 Å². The smallest absolute Gasteiger partial charge is 0.0714 e. The predicted octanol–water partition coefficient (Wildman–Crippen LogP) is 2.98. The molecule has 1 nitrogen and oxygen atoms in total. The minimum Gasteiger partial charge on any atom is -0.256 e. The van der Waals surface area contributed by atoms with Crippen molar-refractivity contribution in [2.75, 3.05) is 5.33 Å². The van der Waals surface area contributed by atoms with Gasteiger partial charge in [-0.15, -0.1) is 0 Å². The molecular formula is C12H8BrN. The van der Waals surface area contributed by atoms with Crippen molar-refractivity contribution in [1.29, 1.82) is 0 Å². The average molecular weight is 246 g/mol. The van der Waals surface area contributed by atoms with Gasteiger partial charge >= 0.3 is 0 Å². The van der Waals surface area contributed by atoms with Crippen LogP contribution in [0.25, 0.3) is 10.9 Å². The first kappa shape index (κ1) is 9.23. The number of alkyl halides is 1. The van der Waals surface area contributed by atoms with Gasteiger partial charge < -0.3 is 0 Å². The summed E-state index contributed by atoms with van der Waals surface area (Å²) in [4.78, 5) is 4.27. The van der Waals surface area contributed by atoms with Crippen molar-refractivity contribution in [1.82, 2.24) is 4.98 Å². The summed E-state index contributed by atoms with van der Waals surface area (Å²) in [5, 5.41) is 1.81. The van der Waals surface area contributed by atoms with Gasteiger partial charge in [-0.3, -0.25) is 4.98 Å². The van der Waals surface area contributed by atoms with Crippen molar-refractivity contribution in [3.8, 4) is 11.8 Å². The van der Waals surface area contributed by atoms with Crippen molar-refractivity contribution in [3.05, 3.63) is 42.1 Å². The summed E-state index contributed by atoms with van der Waals surface area (Å²) in [5.74, 6) is 6.10. The second kappa shape index (κ2) is 4.26. The van der Waals surface area contributed by atoms with Crippen molar-refractivity contribution < 1.29 is 0 Å². The number of rotatable bonds is 0. The lowest BCUT2D eigenvalue weighted by molar-refractivity contribution is 1.41. The maximum absolute atomic E-state index is 4.27. The number of pyridine rings is 1. The summed E-state index contributed by atoms with van der Waals surface area (Å²) >= 11 is 3.28. The molecule has 0 bridgehead atoms. The Morgan fingerprint density at radius 1 is 1.21 bits per heavy atom. The van der Waals surface area contributed by atoms with E-state index >= 15 is 0 Å². The maximum Gasteiger partial charge on any atom is 0.0714 e. The van der Waals surface area contributed by atoms with Gasteiger partial charge in [-0.2, -0.15) is 0 Å². The summed E-state index contributed by atoms with van der Waals surface area (Å²) in [7, 11) is 0. The van der Waals surface area contributed by atoms with Gasteiger partial charge in [0.25, 0.3) is 0 Å². The van der Waals surface area contributed by atoms with E-state index in [4.69, 9.17) is 0 Å². The van der Waals surface area contributed by atoms with Crippen LogP contribution in [0.1, 0.15) is 5.56 Å². The van der Waals surface area contributed by atoms with Crippen molar-refractivity contribution in [3.63, 3.8) is 0 Å². The number of nitrogens with zero attached hydrogens (tertiary/aromatic N) is 1. The first-order chi connectivity index (χ1) is 6.92. The molecule has 0 aliphatic rings. The Hall–Kier alpha value is -1.33. The predicted molar refractivity (Wildman–Crippen MR) is 62.4 cm³/mol. The highest BCUT2D eigenvalue weighted by Crippen LogP contribution is 2.14. The molecule has 2 rings (SSSR count). The lowest BCUT2D eigenvalue weighted by Gasteiger charge is -1.97. The molecular weight excluding hydrogens is 238 g/mol.